The monoisotopic (exact) mass is 184 g/mol. The van der Waals surface area contributed by atoms with Crippen LogP contribution in [0.2, 0.25) is 0 Å². The van der Waals surface area contributed by atoms with Crippen molar-refractivity contribution in [1.29, 1.82) is 0 Å². The maximum Gasteiger partial charge on any atom is 0.123 e. The minimum Gasteiger partial charge on any atom is -0.207 e. The van der Waals surface area contributed by atoms with E-state index in [1.165, 1.54) is 12.1 Å². The summed E-state index contributed by atoms with van der Waals surface area (Å²) in [6.45, 7) is 11.9. The van der Waals surface area contributed by atoms with Crippen molar-refractivity contribution in [1.82, 2.24) is 0 Å². The Labute approximate surface area is 81.8 Å². The molecular formula is C12H21F. The predicted octanol–water partition coefficient (Wildman–Crippen LogP) is 4.49. The average Bonchev–Trinajstić information content (AvgIpc) is 2.18. The minimum atomic E-state index is -0.155. The van der Waals surface area contributed by atoms with Gasteiger partial charge in [0.2, 0.25) is 0 Å². The lowest BCUT2D eigenvalue weighted by Crippen LogP contribution is -1.80. The summed E-state index contributed by atoms with van der Waals surface area (Å²) in [6.07, 6.45) is 0. The molecule has 0 saturated carbocycles. The maximum atomic E-state index is 12.3. The van der Waals surface area contributed by atoms with Crippen LogP contribution in [-0.4, -0.2) is 0 Å². The molecule has 0 amide bonds. The van der Waals surface area contributed by atoms with Gasteiger partial charge in [-0.25, -0.2) is 4.39 Å². The summed E-state index contributed by atoms with van der Waals surface area (Å²) in [7, 11) is 0. The normalized spacial score (nSPS) is 7.62. The fraction of sp³-hybridized carbons (Fsp3) is 0.500. The Hall–Kier alpha value is -0.850. The van der Waals surface area contributed by atoms with E-state index in [1.807, 2.05) is 41.5 Å². The van der Waals surface area contributed by atoms with E-state index in [0.717, 1.165) is 11.1 Å². The SMILES string of the molecule is CC.CC.Cc1ccc(F)cc1C. The van der Waals surface area contributed by atoms with Gasteiger partial charge in [-0.1, -0.05) is 33.8 Å². The van der Waals surface area contributed by atoms with Gasteiger partial charge in [0.1, 0.15) is 5.82 Å². The number of aryl methyl sites for hydroxylation is 2. The average molecular weight is 184 g/mol. The van der Waals surface area contributed by atoms with Crippen LogP contribution in [-0.2, 0) is 0 Å². The third-order valence-electron chi connectivity index (χ3n) is 1.47. The Balaban J connectivity index is 0. The summed E-state index contributed by atoms with van der Waals surface area (Å²) < 4.78 is 12.3. The Kier molecular flexibility index (Phi) is 10.4. The van der Waals surface area contributed by atoms with Gasteiger partial charge in [0, 0.05) is 0 Å². The maximum absolute atomic E-state index is 12.3. The van der Waals surface area contributed by atoms with Crippen molar-refractivity contribution in [3.8, 4) is 0 Å². The first-order valence-electron chi connectivity index (χ1n) is 4.93. The van der Waals surface area contributed by atoms with E-state index in [0.29, 0.717) is 0 Å². The molecule has 1 rings (SSSR count). The van der Waals surface area contributed by atoms with Crippen LogP contribution in [0, 0.1) is 19.7 Å². The number of hydrogen-bond acceptors (Lipinski definition) is 0. The Morgan fingerprint density at radius 3 is 1.62 bits per heavy atom. The molecule has 0 spiro atoms. The van der Waals surface area contributed by atoms with Crippen molar-refractivity contribution in [2.24, 2.45) is 0 Å². The Morgan fingerprint density at radius 1 is 0.846 bits per heavy atom. The van der Waals surface area contributed by atoms with Crippen LogP contribution < -0.4 is 0 Å². The molecule has 0 aliphatic rings. The van der Waals surface area contributed by atoms with Crippen LogP contribution >= 0.6 is 0 Å². The molecule has 0 saturated heterocycles. The molecule has 0 N–H and O–H groups in total. The zero-order chi connectivity index (χ0) is 10.9. The molecule has 1 aromatic rings. The highest BCUT2D eigenvalue weighted by Crippen LogP contribution is 2.07. The lowest BCUT2D eigenvalue weighted by atomic mass is 10.1. The molecule has 0 aliphatic carbocycles. The van der Waals surface area contributed by atoms with E-state index in [4.69, 9.17) is 0 Å². The molecule has 1 aromatic carbocycles. The largest absolute Gasteiger partial charge is 0.207 e. The zero-order valence-corrected chi connectivity index (χ0v) is 9.61. The van der Waals surface area contributed by atoms with Gasteiger partial charge in [0.15, 0.2) is 0 Å². The standard InChI is InChI=1S/C8H9F.2C2H6/c1-6-3-4-8(9)5-7(6)2;2*1-2/h3-5H,1-2H3;2*1-2H3. The third kappa shape index (κ3) is 6.32. The van der Waals surface area contributed by atoms with E-state index in [-0.39, 0.29) is 5.82 Å². The highest BCUT2D eigenvalue weighted by molar-refractivity contribution is 5.24. The molecule has 76 valence electrons. The first-order chi connectivity index (χ1) is 6.20. The van der Waals surface area contributed by atoms with Gasteiger partial charge in [0.25, 0.3) is 0 Å². The molecule has 0 heterocycles. The van der Waals surface area contributed by atoms with Gasteiger partial charge in [-0.15, -0.1) is 0 Å². The number of benzene rings is 1. The topological polar surface area (TPSA) is 0 Å². The highest BCUT2D eigenvalue weighted by Gasteiger charge is 1.91. The fourth-order valence-electron chi connectivity index (χ4n) is 0.705. The van der Waals surface area contributed by atoms with Crippen LogP contribution in [0.1, 0.15) is 38.8 Å². The molecule has 0 radical (unpaired) electrons. The van der Waals surface area contributed by atoms with Gasteiger partial charge >= 0.3 is 0 Å². The fourth-order valence-corrected chi connectivity index (χ4v) is 0.705. The molecule has 13 heavy (non-hydrogen) atoms. The lowest BCUT2D eigenvalue weighted by molar-refractivity contribution is 0.626. The molecular weight excluding hydrogens is 163 g/mol. The summed E-state index contributed by atoms with van der Waals surface area (Å²) in [5.41, 5.74) is 2.14. The number of hydrogen-bond donors (Lipinski definition) is 0. The van der Waals surface area contributed by atoms with E-state index in [2.05, 4.69) is 0 Å². The second-order valence-electron chi connectivity index (χ2n) is 2.23. The molecule has 0 atom stereocenters. The summed E-state index contributed by atoms with van der Waals surface area (Å²) in [6, 6.07) is 4.79. The van der Waals surface area contributed by atoms with Gasteiger partial charge in [-0.3, -0.25) is 0 Å². The molecule has 0 aromatic heterocycles. The van der Waals surface area contributed by atoms with Crippen LogP contribution in [0.4, 0.5) is 4.39 Å². The van der Waals surface area contributed by atoms with Crippen LogP contribution in [0.15, 0.2) is 18.2 Å². The smallest absolute Gasteiger partial charge is 0.123 e. The van der Waals surface area contributed by atoms with Crippen LogP contribution in [0.3, 0.4) is 0 Å². The van der Waals surface area contributed by atoms with Crippen molar-refractivity contribution in [3.63, 3.8) is 0 Å². The van der Waals surface area contributed by atoms with Crippen LogP contribution in [0.25, 0.3) is 0 Å². The van der Waals surface area contributed by atoms with E-state index < -0.39 is 0 Å². The van der Waals surface area contributed by atoms with Crippen LogP contribution in [0.5, 0.6) is 0 Å². The first kappa shape index (κ1) is 14.7. The molecule has 0 bridgehead atoms. The molecule has 0 aliphatic heterocycles. The summed E-state index contributed by atoms with van der Waals surface area (Å²) >= 11 is 0. The van der Waals surface area contributed by atoms with Crippen molar-refractivity contribution in [3.05, 3.63) is 35.1 Å². The second-order valence-corrected chi connectivity index (χ2v) is 2.23. The predicted molar refractivity (Wildman–Crippen MR) is 58.6 cm³/mol. The van der Waals surface area contributed by atoms with Crippen molar-refractivity contribution in [2.75, 3.05) is 0 Å². The Bertz CT molecular complexity index is 216. The molecule has 0 unspecified atom stereocenters. The lowest BCUT2D eigenvalue weighted by Gasteiger charge is -1.96. The third-order valence-corrected chi connectivity index (χ3v) is 1.47. The number of halogens is 1. The van der Waals surface area contributed by atoms with E-state index >= 15 is 0 Å². The summed E-state index contributed by atoms with van der Waals surface area (Å²) in [5.74, 6) is -0.155. The summed E-state index contributed by atoms with van der Waals surface area (Å²) in [4.78, 5) is 0. The number of rotatable bonds is 0. The van der Waals surface area contributed by atoms with Crippen molar-refractivity contribution >= 4 is 0 Å². The van der Waals surface area contributed by atoms with Gasteiger partial charge in [-0.2, -0.15) is 0 Å². The van der Waals surface area contributed by atoms with E-state index in [1.54, 1.807) is 6.07 Å². The summed E-state index contributed by atoms with van der Waals surface area (Å²) in [5, 5.41) is 0. The quantitative estimate of drug-likeness (QED) is 0.557. The Morgan fingerprint density at radius 2 is 1.31 bits per heavy atom. The first-order valence-corrected chi connectivity index (χ1v) is 4.93. The highest BCUT2D eigenvalue weighted by atomic mass is 19.1. The van der Waals surface area contributed by atoms with Crippen molar-refractivity contribution in [2.45, 2.75) is 41.5 Å². The molecule has 1 heteroatoms. The zero-order valence-electron chi connectivity index (χ0n) is 9.61. The van der Waals surface area contributed by atoms with Gasteiger partial charge in [0.05, 0.1) is 0 Å². The second kappa shape index (κ2) is 9.24. The van der Waals surface area contributed by atoms with E-state index in [9.17, 15) is 4.39 Å². The van der Waals surface area contributed by atoms with Gasteiger partial charge in [-0.05, 0) is 37.1 Å². The van der Waals surface area contributed by atoms with Gasteiger partial charge < -0.3 is 0 Å². The molecule has 0 fully saturated rings. The minimum absolute atomic E-state index is 0.155. The molecule has 0 nitrogen and oxygen atoms in total. The van der Waals surface area contributed by atoms with Crippen molar-refractivity contribution < 1.29 is 4.39 Å².